The summed E-state index contributed by atoms with van der Waals surface area (Å²) in [7, 11) is -3.00. The van der Waals surface area contributed by atoms with Crippen LogP contribution in [0.15, 0.2) is 59.6 Å². The van der Waals surface area contributed by atoms with E-state index < -0.39 is 9.84 Å². The molecule has 2 aromatic carbocycles. The third-order valence-electron chi connectivity index (χ3n) is 4.59. The molecular weight excluding hydrogens is 352 g/mol. The lowest BCUT2D eigenvalue weighted by molar-refractivity contribution is 0.601. The van der Waals surface area contributed by atoms with Gasteiger partial charge < -0.3 is 4.90 Å². The number of hydrogen-bond donors (Lipinski definition) is 0. The molecule has 1 saturated heterocycles. The Morgan fingerprint density at radius 2 is 1.92 bits per heavy atom. The zero-order valence-corrected chi connectivity index (χ0v) is 15.6. The summed E-state index contributed by atoms with van der Waals surface area (Å²) in [5.41, 5.74) is 3.52. The zero-order chi connectivity index (χ0) is 17.4. The molecule has 25 heavy (non-hydrogen) atoms. The molecular formula is C19H20N2O2S2. The van der Waals surface area contributed by atoms with Gasteiger partial charge in [0.25, 0.3) is 0 Å². The summed E-state index contributed by atoms with van der Waals surface area (Å²) in [5.74, 6) is 1.18. The summed E-state index contributed by atoms with van der Waals surface area (Å²) >= 11 is 1.69. The molecule has 2 heterocycles. The number of benzene rings is 2. The van der Waals surface area contributed by atoms with Gasteiger partial charge in [-0.15, -0.1) is 0 Å². The Bertz CT molecular complexity index is 910. The minimum absolute atomic E-state index is 0.0765. The van der Waals surface area contributed by atoms with Crippen LogP contribution in [0.5, 0.6) is 0 Å². The number of aryl methyl sites for hydroxylation is 1. The van der Waals surface area contributed by atoms with Crippen molar-refractivity contribution < 1.29 is 8.42 Å². The van der Waals surface area contributed by atoms with Gasteiger partial charge in [-0.2, -0.15) is 0 Å². The molecule has 0 N–H and O–H groups in total. The third-order valence-corrected chi connectivity index (χ3v) is 7.33. The maximum atomic E-state index is 12.0. The predicted molar refractivity (Wildman–Crippen MR) is 105 cm³/mol. The van der Waals surface area contributed by atoms with E-state index in [-0.39, 0.29) is 23.6 Å². The van der Waals surface area contributed by atoms with Gasteiger partial charge in [-0.25, -0.2) is 8.42 Å². The molecule has 0 amide bonds. The Balaban J connectivity index is 1.60. The van der Waals surface area contributed by atoms with Gasteiger partial charge in [0, 0.05) is 11.4 Å². The van der Waals surface area contributed by atoms with Crippen LogP contribution in [-0.4, -0.2) is 37.2 Å². The molecule has 2 atom stereocenters. The van der Waals surface area contributed by atoms with E-state index in [1.165, 1.54) is 11.1 Å². The summed E-state index contributed by atoms with van der Waals surface area (Å²) < 4.78 is 24.1. The molecule has 2 aliphatic rings. The normalized spacial score (nSPS) is 24.2. The fourth-order valence-electron chi connectivity index (χ4n) is 3.47. The minimum atomic E-state index is -3.00. The number of aliphatic imine (C=N–C) groups is 1. The van der Waals surface area contributed by atoms with Gasteiger partial charge in [0.2, 0.25) is 0 Å². The van der Waals surface area contributed by atoms with E-state index in [1.807, 2.05) is 30.3 Å². The fourth-order valence-corrected chi connectivity index (χ4v) is 6.38. The predicted octanol–water partition coefficient (Wildman–Crippen LogP) is 3.27. The van der Waals surface area contributed by atoms with E-state index in [1.54, 1.807) is 11.8 Å². The SMILES string of the molecule is Cc1cccc(CSC2=N[C@H]3CS(=O)(=O)C[C@H]3N2c2ccccc2)c1. The number of amidine groups is 1. The van der Waals surface area contributed by atoms with Crippen LogP contribution in [0, 0.1) is 6.92 Å². The second kappa shape index (κ2) is 6.50. The van der Waals surface area contributed by atoms with Crippen LogP contribution in [0.2, 0.25) is 0 Å². The van der Waals surface area contributed by atoms with Crippen molar-refractivity contribution in [3.8, 4) is 0 Å². The first-order chi connectivity index (χ1) is 12.0. The maximum Gasteiger partial charge on any atom is 0.164 e. The highest BCUT2D eigenvalue weighted by molar-refractivity contribution is 8.13. The molecule has 130 valence electrons. The van der Waals surface area contributed by atoms with Crippen molar-refractivity contribution in [3.63, 3.8) is 0 Å². The molecule has 4 rings (SSSR count). The maximum absolute atomic E-state index is 12.0. The highest BCUT2D eigenvalue weighted by Crippen LogP contribution is 2.35. The van der Waals surface area contributed by atoms with Crippen LogP contribution >= 0.6 is 11.8 Å². The van der Waals surface area contributed by atoms with E-state index in [0.29, 0.717) is 0 Å². The monoisotopic (exact) mass is 372 g/mol. The number of para-hydroxylation sites is 1. The van der Waals surface area contributed by atoms with Crippen LogP contribution in [0.4, 0.5) is 5.69 Å². The largest absolute Gasteiger partial charge is 0.315 e. The highest BCUT2D eigenvalue weighted by Gasteiger charge is 2.47. The Labute approximate surface area is 152 Å². The van der Waals surface area contributed by atoms with Crippen LogP contribution in [0.1, 0.15) is 11.1 Å². The second-order valence-corrected chi connectivity index (χ2v) is 9.70. The second-order valence-electron chi connectivity index (χ2n) is 6.61. The summed E-state index contributed by atoms with van der Waals surface area (Å²) in [6.45, 7) is 2.09. The minimum Gasteiger partial charge on any atom is -0.315 e. The fraction of sp³-hybridized carbons (Fsp3) is 0.316. The molecule has 0 unspecified atom stereocenters. The van der Waals surface area contributed by atoms with Crippen LogP contribution in [0.25, 0.3) is 0 Å². The van der Waals surface area contributed by atoms with Gasteiger partial charge in [-0.3, -0.25) is 4.99 Å². The lowest BCUT2D eigenvalue weighted by atomic mass is 10.1. The highest BCUT2D eigenvalue weighted by atomic mass is 32.2. The quantitative estimate of drug-likeness (QED) is 0.830. The van der Waals surface area contributed by atoms with Crippen molar-refractivity contribution >= 4 is 32.5 Å². The van der Waals surface area contributed by atoms with E-state index in [2.05, 4.69) is 36.1 Å². The van der Waals surface area contributed by atoms with Crippen molar-refractivity contribution in [2.45, 2.75) is 24.8 Å². The lowest BCUT2D eigenvalue weighted by Crippen LogP contribution is -2.39. The number of rotatable bonds is 3. The smallest absolute Gasteiger partial charge is 0.164 e. The Kier molecular flexibility index (Phi) is 4.33. The third kappa shape index (κ3) is 3.46. The molecule has 0 spiro atoms. The number of nitrogens with zero attached hydrogens (tertiary/aromatic N) is 2. The molecule has 0 radical (unpaired) electrons. The molecule has 4 nitrogen and oxygen atoms in total. The molecule has 0 aromatic heterocycles. The first-order valence-corrected chi connectivity index (χ1v) is 11.1. The van der Waals surface area contributed by atoms with Gasteiger partial charge in [-0.1, -0.05) is 59.8 Å². The summed E-state index contributed by atoms with van der Waals surface area (Å²) in [4.78, 5) is 6.89. The molecule has 2 aromatic rings. The average molecular weight is 373 g/mol. The van der Waals surface area contributed by atoms with Gasteiger partial charge in [0.1, 0.15) is 0 Å². The number of sulfone groups is 1. The Hall–Kier alpha value is -1.79. The van der Waals surface area contributed by atoms with Gasteiger partial charge >= 0.3 is 0 Å². The van der Waals surface area contributed by atoms with E-state index in [9.17, 15) is 8.42 Å². The van der Waals surface area contributed by atoms with Gasteiger partial charge in [0.15, 0.2) is 15.0 Å². The van der Waals surface area contributed by atoms with Crippen LogP contribution in [-0.2, 0) is 15.6 Å². The van der Waals surface area contributed by atoms with Crippen molar-refractivity contribution in [1.82, 2.24) is 0 Å². The molecule has 2 aliphatic heterocycles. The van der Waals surface area contributed by atoms with E-state index >= 15 is 0 Å². The topological polar surface area (TPSA) is 49.7 Å². The first-order valence-electron chi connectivity index (χ1n) is 8.33. The van der Waals surface area contributed by atoms with Gasteiger partial charge in [-0.05, 0) is 24.6 Å². The molecule has 0 bridgehead atoms. The summed E-state index contributed by atoms with van der Waals surface area (Å²) in [5, 5.41) is 0.928. The zero-order valence-electron chi connectivity index (χ0n) is 14.0. The summed E-state index contributed by atoms with van der Waals surface area (Å²) in [6.07, 6.45) is 0. The van der Waals surface area contributed by atoms with Crippen LogP contribution in [0.3, 0.4) is 0 Å². The lowest BCUT2D eigenvalue weighted by Gasteiger charge is -2.26. The number of thioether (sulfide) groups is 1. The molecule has 6 heteroatoms. The average Bonchev–Trinajstić information content (AvgIpc) is 3.05. The van der Waals surface area contributed by atoms with Gasteiger partial charge in [0.05, 0.1) is 23.6 Å². The summed E-state index contributed by atoms with van der Waals surface area (Å²) in [6, 6.07) is 18.2. The Morgan fingerprint density at radius 1 is 1.12 bits per heavy atom. The van der Waals surface area contributed by atoms with Crippen molar-refractivity contribution in [3.05, 3.63) is 65.7 Å². The van der Waals surface area contributed by atoms with E-state index in [4.69, 9.17) is 4.99 Å². The van der Waals surface area contributed by atoms with Crippen molar-refractivity contribution in [2.24, 2.45) is 4.99 Å². The number of anilines is 1. The molecule has 0 saturated carbocycles. The first kappa shape index (κ1) is 16.7. The number of hydrogen-bond acceptors (Lipinski definition) is 5. The molecule has 0 aliphatic carbocycles. The van der Waals surface area contributed by atoms with E-state index in [0.717, 1.165) is 16.6 Å². The van der Waals surface area contributed by atoms with Crippen molar-refractivity contribution in [1.29, 1.82) is 0 Å². The standard InChI is InChI=1S/C19H20N2O2S2/c1-14-6-5-7-15(10-14)11-24-19-20-17-12-25(22,23)13-18(17)21(19)16-8-3-2-4-9-16/h2-10,17-18H,11-13H2,1H3/t17-,18+/m0/s1. The molecule has 1 fully saturated rings. The Morgan fingerprint density at radius 3 is 2.68 bits per heavy atom. The van der Waals surface area contributed by atoms with Crippen LogP contribution < -0.4 is 4.90 Å². The van der Waals surface area contributed by atoms with Crippen molar-refractivity contribution in [2.75, 3.05) is 16.4 Å². The number of fused-ring (bicyclic) bond motifs is 1.